The summed E-state index contributed by atoms with van der Waals surface area (Å²) < 4.78 is 11.1. The molecule has 1 heterocycles. The fourth-order valence-electron chi connectivity index (χ4n) is 3.84. The number of ether oxygens (including phenoxy) is 2. The minimum absolute atomic E-state index is 0.165. The van der Waals surface area contributed by atoms with E-state index >= 15 is 0 Å². The number of allylic oxidation sites excluding steroid dienone is 1. The minimum Gasteiger partial charge on any atom is -0.426 e. The van der Waals surface area contributed by atoms with Crippen molar-refractivity contribution in [1.29, 1.82) is 0 Å². The number of nitrogens with zero attached hydrogens (tertiary/aromatic N) is 1. The van der Waals surface area contributed by atoms with Crippen LogP contribution in [0.4, 0.5) is 4.79 Å². The van der Waals surface area contributed by atoms with E-state index in [2.05, 4.69) is 4.98 Å². The molecule has 32 heavy (non-hydrogen) atoms. The van der Waals surface area contributed by atoms with Crippen LogP contribution >= 0.6 is 0 Å². The number of aromatic nitrogens is 1. The Morgan fingerprint density at radius 3 is 2.31 bits per heavy atom. The lowest BCUT2D eigenvalue weighted by Crippen LogP contribution is -2.11. The molecule has 5 nitrogen and oxygen atoms in total. The molecule has 0 aliphatic heterocycles. The Labute approximate surface area is 184 Å². The smallest absolute Gasteiger partial charge is 0.426 e. The Balaban J connectivity index is 1.52. The SMILES string of the molecule is CC(OC(=O)OC1=C(c2ccc3ccccc3n2)C(=O)c2ccccc21)c1ccccc1. The van der Waals surface area contributed by atoms with E-state index in [-0.39, 0.29) is 17.1 Å². The maximum absolute atomic E-state index is 13.2. The molecule has 1 aliphatic rings. The third-order valence-electron chi connectivity index (χ3n) is 5.45. The van der Waals surface area contributed by atoms with Gasteiger partial charge in [0.15, 0.2) is 11.5 Å². The van der Waals surface area contributed by atoms with Gasteiger partial charge in [-0.3, -0.25) is 4.79 Å². The van der Waals surface area contributed by atoms with Crippen molar-refractivity contribution in [3.05, 3.63) is 113 Å². The number of ketones is 1. The monoisotopic (exact) mass is 421 g/mol. The van der Waals surface area contributed by atoms with Crippen LogP contribution in [0.1, 0.15) is 40.2 Å². The van der Waals surface area contributed by atoms with Gasteiger partial charge in [-0.15, -0.1) is 0 Å². The topological polar surface area (TPSA) is 65.5 Å². The van der Waals surface area contributed by atoms with E-state index in [1.807, 2.05) is 60.7 Å². The molecule has 1 unspecified atom stereocenters. The van der Waals surface area contributed by atoms with Crippen LogP contribution < -0.4 is 0 Å². The summed E-state index contributed by atoms with van der Waals surface area (Å²) in [6.45, 7) is 1.77. The zero-order valence-corrected chi connectivity index (χ0v) is 17.3. The summed E-state index contributed by atoms with van der Waals surface area (Å²) in [7, 11) is 0. The molecule has 0 saturated heterocycles. The number of Topliss-reactive ketones (excluding diaryl/α,β-unsaturated/α-hetero) is 1. The van der Waals surface area contributed by atoms with Crippen LogP contribution in [-0.2, 0) is 9.47 Å². The highest BCUT2D eigenvalue weighted by Crippen LogP contribution is 2.39. The number of carbonyl (C=O) groups excluding carboxylic acids is 2. The fraction of sp³-hybridized carbons (Fsp3) is 0.0741. The van der Waals surface area contributed by atoms with E-state index in [1.165, 1.54) is 0 Å². The van der Waals surface area contributed by atoms with Crippen molar-refractivity contribution in [2.75, 3.05) is 0 Å². The molecule has 3 aromatic carbocycles. The second kappa shape index (κ2) is 8.12. The van der Waals surface area contributed by atoms with Gasteiger partial charge < -0.3 is 9.47 Å². The molecule has 4 aromatic rings. The predicted molar refractivity (Wildman–Crippen MR) is 122 cm³/mol. The van der Waals surface area contributed by atoms with Crippen molar-refractivity contribution >= 4 is 34.2 Å². The van der Waals surface area contributed by atoms with Gasteiger partial charge in [-0.1, -0.05) is 78.9 Å². The van der Waals surface area contributed by atoms with E-state index in [0.29, 0.717) is 16.8 Å². The lowest BCUT2D eigenvalue weighted by Gasteiger charge is -2.14. The molecule has 0 radical (unpaired) electrons. The quantitative estimate of drug-likeness (QED) is 0.366. The Morgan fingerprint density at radius 2 is 1.50 bits per heavy atom. The number of benzene rings is 3. The summed E-state index contributed by atoms with van der Waals surface area (Å²) in [5, 5.41) is 0.957. The molecule has 1 aliphatic carbocycles. The zero-order chi connectivity index (χ0) is 22.1. The maximum Gasteiger partial charge on any atom is 0.514 e. The summed E-state index contributed by atoms with van der Waals surface area (Å²) in [6.07, 6.45) is -1.38. The molecule has 1 atom stereocenters. The summed E-state index contributed by atoms with van der Waals surface area (Å²) >= 11 is 0. The first kappa shape index (κ1) is 19.7. The molecule has 0 saturated carbocycles. The van der Waals surface area contributed by atoms with Gasteiger partial charge in [0.1, 0.15) is 6.10 Å². The van der Waals surface area contributed by atoms with Gasteiger partial charge in [-0.05, 0) is 24.6 Å². The number of carbonyl (C=O) groups is 2. The molecular weight excluding hydrogens is 402 g/mol. The van der Waals surface area contributed by atoms with Gasteiger partial charge in [0.2, 0.25) is 0 Å². The van der Waals surface area contributed by atoms with Crippen LogP contribution in [-0.4, -0.2) is 16.9 Å². The van der Waals surface area contributed by atoms with Crippen LogP contribution in [0.5, 0.6) is 0 Å². The van der Waals surface area contributed by atoms with Gasteiger partial charge in [-0.25, -0.2) is 9.78 Å². The van der Waals surface area contributed by atoms with Gasteiger partial charge >= 0.3 is 6.16 Å². The predicted octanol–water partition coefficient (Wildman–Crippen LogP) is 6.21. The molecule has 5 heteroatoms. The second-order valence-corrected chi connectivity index (χ2v) is 7.49. The molecule has 0 fully saturated rings. The molecular formula is C27H19NO4. The van der Waals surface area contributed by atoms with Gasteiger partial charge in [0.05, 0.1) is 16.8 Å². The minimum atomic E-state index is -0.876. The third kappa shape index (κ3) is 3.54. The first-order valence-corrected chi connectivity index (χ1v) is 10.3. The van der Waals surface area contributed by atoms with Gasteiger partial charge in [0.25, 0.3) is 0 Å². The number of para-hydroxylation sites is 1. The number of hydrogen-bond acceptors (Lipinski definition) is 5. The van der Waals surface area contributed by atoms with E-state index in [0.717, 1.165) is 16.5 Å². The number of rotatable bonds is 4. The lowest BCUT2D eigenvalue weighted by molar-refractivity contribution is 0.0583. The van der Waals surface area contributed by atoms with Crippen molar-refractivity contribution < 1.29 is 19.1 Å². The standard InChI is InChI=1S/C27H19NO4/c1-17(18-9-3-2-4-10-18)31-27(30)32-26-21-13-7-6-12-20(21)25(29)24(26)23-16-15-19-11-5-8-14-22(19)28-23/h2-17H,1H3. The van der Waals surface area contributed by atoms with E-state index in [9.17, 15) is 9.59 Å². The van der Waals surface area contributed by atoms with Crippen molar-refractivity contribution in [2.45, 2.75) is 13.0 Å². The molecule has 0 bridgehead atoms. The number of hydrogen-bond donors (Lipinski definition) is 0. The van der Waals surface area contributed by atoms with E-state index < -0.39 is 12.3 Å². The highest BCUT2D eigenvalue weighted by molar-refractivity contribution is 6.39. The maximum atomic E-state index is 13.2. The third-order valence-corrected chi connectivity index (χ3v) is 5.45. The normalized spacial score (nSPS) is 13.7. The summed E-state index contributed by atoms with van der Waals surface area (Å²) in [5.74, 6) is -0.0686. The molecule has 0 amide bonds. The highest BCUT2D eigenvalue weighted by atomic mass is 16.7. The summed E-state index contributed by atoms with van der Waals surface area (Å²) in [4.78, 5) is 30.6. The van der Waals surface area contributed by atoms with Crippen LogP contribution in [0.25, 0.3) is 22.2 Å². The van der Waals surface area contributed by atoms with Crippen molar-refractivity contribution in [3.8, 4) is 0 Å². The molecule has 0 N–H and O–H groups in total. The zero-order valence-electron chi connectivity index (χ0n) is 17.3. The molecule has 156 valence electrons. The molecule has 5 rings (SSSR count). The second-order valence-electron chi connectivity index (χ2n) is 7.49. The average Bonchev–Trinajstić information content (AvgIpc) is 3.10. The van der Waals surface area contributed by atoms with Crippen LogP contribution in [0.2, 0.25) is 0 Å². The first-order valence-electron chi connectivity index (χ1n) is 10.3. The Bertz CT molecular complexity index is 1370. The Morgan fingerprint density at radius 1 is 0.812 bits per heavy atom. The van der Waals surface area contributed by atoms with Crippen LogP contribution in [0.15, 0.2) is 91.0 Å². The Kier molecular flexibility index (Phi) is 5.00. The largest absolute Gasteiger partial charge is 0.514 e. The van der Waals surface area contributed by atoms with Crippen molar-refractivity contribution in [1.82, 2.24) is 4.98 Å². The van der Waals surface area contributed by atoms with E-state index in [4.69, 9.17) is 9.47 Å². The van der Waals surface area contributed by atoms with Crippen molar-refractivity contribution in [3.63, 3.8) is 0 Å². The van der Waals surface area contributed by atoms with Gasteiger partial charge in [0, 0.05) is 16.5 Å². The number of fused-ring (bicyclic) bond motifs is 2. The van der Waals surface area contributed by atoms with Crippen molar-refractivity contribution in [2.24, 2.45) is 0 Å². The first-order chi connectivity index (χ1) is 15.6. The molecule has 1 aromatic heterocycles. The van der Waals surface area contributed by atoms with Crippen LogP contribution in [0, 0.1) is 0 Å². The molecule has 0 spiro atoms. The van der Waals surface area contributed by atoms with E-state index in [1.54, 1.807) is 37.3 Å². The van der Waals surface area contributed by atoms with Gasteiger partial charge in [-0.2, -0.15) is 0 Å². The fourth-order valence-corrected chi connectivity index (χ4v) is 3.84. The highest BCUT2D eigenvalue weighted by Gasteiger charge is 2.34. The van der Waals surface area contributed by atoms with Crippen LogP contribution in [0.3, 0.4) is 0 Å². The average molecular weight is 421 g/mol. The summed E-state index contributed by atoms with van der Waals surface area (Å²) in [5.41, 5.74) is 3.31. The number of pyridine rings is 1. The summed E-state index contributed by atoms with van der Waals surface area (Å²) in [6, 6.07) is 27.7. The Hall–Kier alpha value is -4.25. The lowest BCUT2D eigenvalue weighted by atomic mass is 10.1.